The van der Waals surface area contributed by atoms with Crippen LogP contribution in [0.4, 0.5) is 17.1 Å². The predicted molar refractivity (Wildman–Crippen MR) is 198 cm³/mol. The van der Waals surface area contributed by atoms with Gasteiger partial charge in [-0.05, 0) is 128 Å². The maximum atomic E-state index is 4.90. The molecule has 3 heteroatoms. The SMILES string of the molecule is Cc1ccc(C=Cc2ccc(N3CCCC4=C3CC(C)C=C4)cn2)cc1C1(c2cccc(N3CCCc4ccccc43)c2)CCCC1. The molecular formula is C44H47N3. The maximum Gasteiger partial charge on any atom is 0.0631 e. The van der Waals surface area contributed by atoms with Crippen molar-refractivity contribution in [1.29, 1.82) is 0 Å². The van der Waals surface area contributed by atoms with Crippen molar-refractivity contribution >= 4 is 29.2 Å². The second kappa shape index (κ2) is 12.7. The molecule has 0 amide bonds. The first-order valence-electron chi connectivity index (χ1n) is 18.0. The van der Waals surface area contributed by atoms with Gasteiger partial charge in [0.2, 0.25) is 0 Å². The van der Waals surface area contributed by atoms with Gasteiger partial charge in [0.05, 0.1) is 17.6 Å². The van der Waals surface area contributed by atoms with Crippen LogP contribution in [-0.4, -0.2) is 18.1 Å². The van der Waals surface area contributed by atoms with Gasteiger partial charge in [0.1, 0.15) is 0 Å². The Kier molecular flexibility index (Phi) is 8.09. The second-order valence-corrected chi connectivity index (χ2v) is 14.3. The fraction of sp³-hybridized carbons (Fsp3) is 0.341. The third-order valence-corrected chi connectivity index (χ3v) is 11.2. The Bertz CT molecular complexity index is 1850. The lowest BCUT2D eigenvalue weighted by molar-refractivity contribution is 0.532. The Balaban J connectivity index is 1.06. The second-order valence-electron chi connectivity index (χ2n) is 14.3. The highest BCUT2D eigenvalue weighted by Crippen LogP contribution is 2.49. The number of hydrogen-bond donors (Lipinski definition) is 0. The predicted octanol–water partition coefficient (Wildman–Crippen LogP) is 11.0. The van der Waals surface area contributed by atoms with Crippen LogP contribution in [0.25, 0.3) is 12.2 Å². The number of hydrogen-bond acceptors (Lipinski definition) is 3. The molecule has 1 fully saturated rings. The van der Waals surface area contributed by atoms with Crippen molar-refractivity contribution in [2.75, 3.05) is 22.9 Å². The molecular weight excluding hydrogens is 571 g/mol. The number of rotatable bonds is 6. The minimum absolute atomic E-state index is 0.0485. The average Bonchev–Trinajstić information content (AvgIpc) is 3.62. The maximum absolute atomic E-state index is 4.90. The molecule has 0 radical (unpaired) electrons. The highest BCUT2D eigenvalue weighted by molar-refractivity contribution is 5.71. The fourth-order valence-electron chi connectivity index (χ4n) is 8.80. The number of fused-ring (bicyclic) bond motifs is 1. The van der Waals surface area contributed by atoms with Crippen LogP contribution >= 0.6 is 0 Å². The van der Waals surface area contributed by atoms with Crippen molar-refractivity contribution in [3.63, 3.8) is 0 Å². The Morgan fingerprint density at radius 2 is 1.64 bits per heavy atom. The van der Waals surface area contributed by atoms with Crippen LogP contribution in [0.15, 0.2) is 108 Å². The van der Waals surface area contributed by atoms with E-state index >= 15 is 0 Å². The molecule has 2 aliphatic heterocycles. The fourth-order valence-corrected chi connectivity index (χ4v) is 8.80. The van der Waals surface area contributed by atoms with E-state index in [1.165, 1.54) is 108 Å². The zero-order valence-corrected chi connectivity index (χ0v) is 28.1. The third-order valence-electron chi connectivity index (χ3n) is 11.2. The third kappa shape index (κ3) is 5.75. The standard InChI is InChI=1S/C44H47N3/c1-32-16-20-36-12-9-27-47(43(36)28-32)40-23-22-38(45-31-40)21-19-34-18-17-33(2)41(29-34)44(24-5-6-25-44)37-13-7-14-39(30-37)46-26-8-11-35-10-3-4-15-42(35)46/h3-4,7,10,13-23,29-32H,5-6,8-9,11-12,24-28H2,1-2H3. The summed E-state index contributed by atoms with van der Waals surface area (Å²) in [6, 6.07) is 30.0. The molecule has 238 valence electrons. The number of aromatic nitrogens is 1. The Morgan fingerprint density at radius 1 is 0.787 bits per heavy atom. The van der Waals surface area contributed by atoms with Crippen molar-refractivity contribution in [3.05, 3.63) is 142 Å². The van der Waals surface area contributed by atoms with Gasteiger partial charge in [-0.2, -0.15) is 0 Å². The zero-order valence-electron chi connectivity index (χ0n) is 28.1. The van der Waals surface area contributed by atoms with Crippen molar-refractivity contribution in [3.8, 4) is 0 Å². The first-order chi connectivity index (χ1) is 23.1. The smallest absolute Gasteiger partial charge is 0.0631 e. The van der Waals surface area contributed by atoms with Crippen molar-refractivity contribution in [1.82, 2.24) is 4.98 Å². The summed E-state index contributed by atoms with van der Waals surface area (Å²) >= 11 is 0. The molecule has 1 aromatic heterocycles. The molecule has 4 aromatic rings. The van der Waals surface area contributed by atoms with Gasteiger partial charge in [-0.3, -0.25) is 4.98 Å². The summed E-state index contributed by atoms with van der Waals surface area (Å²) in [6.45, 7) is 6.78. The van der Waals surface area contributed by atoms with Crippen LogP contribution in [0.3, 0.4) is 0 Å². The lowest BCUT2D eigenvalue weighted by atomic mass is 9.71. The monoisotopic (exact) mass is 617 g/mol. The Labute approximate surface area is 281 Å². The number of pyridine rings is 1. The number of benzene rings is 3. The van der Waals surface area contributed by atoms with E-state index < -0.39 is 0 Å². The first kappa shape index (κ1) is 30.0. The van der Waals surface area contributed by atoms with E-state index in [-0.39, 0.29) is 5.41 Å². The van der Waals surface area contributed by atoms with Gasteiger partial charge in [0, 0.05) is 35.6 Å². The first-order valence-corrected chi connectivity index (χ1v) is 18.0. The van der Waals surface area contributed by atoms with E-state index in [4.69, 9.17) is 4.98 Å². The number of aryl methyl sites for hydroxylation is 2. The molecule has 4 aliphatic rings. The molecule has 1 saturated carbocycles. The van der Waals surface area contributed by atoms with E-state index in [1.807, 2.05) is 0 Å². The summed E-state index contributed by atoms with van der Waals surface area (Å²) in [5.41, 5.74) is 15.0. The highest BCUT2D eigenvalue weighted by Gasteiger charge is 2.39. The molecule has 3 nitrogen and oxygen atoms in total. The van der Waals surface area contributed by atoms with E-state index in [1.54, 1.807) is 0 Å². The van der Waals surface area contributed by atoms with Crippen LogP contribution in [0, 0.1) is 12.8 Å². The van der Waals surface area contributed by atoms with E-state index in [9.17, 15) is 0 Å². The summed E-state index contributed by atoms with van der Waals surface area (Å²) in [4.78, 5) is 9.95. The topological polar surface area (TPSA) is 19.4 Å². The van der Waals surface area contributed by atoms with Gasteiger partial charge >= 0.3 is 0 Å². The van der Waals surface area contributed by atoms with E-state index in [2.05, 4.69) is 133 Å². The molecule has 0 bridgehead atoms. The van der Waals surface area contributed by atoms with Gasteiger partial charge < -0.3 is 9.80 Å². The Morgan fingerprint density at radius 3 is 2.51 bits per heavy atom. The molecule has 1 atom stereocenters. The molecule has 8 rings (SSSR count). The van der Waals surface area contributed by atoms with Crippen LogP contribution in [0.2, 0.25) is 0 Å². The van der Waals surface area contributed by atoms with Crippen LogP contribution < -0.4 is 9.80 Å². The molecule has 0 saturated heterocycles. The van der Waals surface area contributed by atoms with Crippen LogP contribution in [0.5, 0.6) is 0 Å². The summed E-state index contributed by atoms with van der Waals surface area (Å²) in [7, 11) is 0. The van der Waals surface area contributed by atoms with Crippen molar-refractivity contribution in [2.24, 2.45) is 5.92 Å². The average molecular weight is 618 g/mol. The van der Waals surface area contributed by atoms with Crippen molar-refractivity contribution in [2.45, 2.75) is 77.0 Å². The molecule has 1 unspecified atom stereocenters. The number of allylic oxidation sites excluding steroid dienone is 4. The largest absolute Gasteiger partial charge is 0.344 e. The quantitative estimate of drug-likeness (QED) is 0.215. The minimum atomic E-state index is 0.0485. The normalized spacial score (nSPS) is 20.5. The van der Waals surface area contributed by atoms with Gasteiger partial charge in [0.25, 0.3) is 0 Å². The van der Waals surface area contributed by atoms with E-state index in [0.29, 0.717) is 5.92 Å². The molecule has 0 spiro atoms. The number of anilines is 3. The zero-order chi connectivity index (χ0) is 31.8. The van der Waals surface area contributed by atoms with Gasteiger partial charge in [-0.1, -0.05) is 86.5 Å². The number of para-hydroxylation sites is 1. The van der Waals surface area contributed by atoms with Crippen LogP contribution in [-0.2, 0) is 11.8 Å². The van der Waals surface area contributed by atoms with Gasteiger partial charge in [-0.15, -0.1) is 0 Å². The Hall–Kier alpha value is -4.37. The van der Waals surface area contributed by atoms with E-state index in [0.717, 1.165) is 25.2 Å². The lowest BCUT2D eigenvalue weighted by Gasteiger charge is -2.36. The molecule has 47 heavy (non-hydrogen) atoms. The summed E-state index contributed by atoms with van der Waals surface area (Å²) in [5.74, 6) is 0.600. The molecule has 0 N–H and O–H groups in total. The van der Waals surface area contributed by atoms with Gasteiger partial charge in [-0.25, -0.2) is 0 Å². The molecule has 2 aliphatic carbocycles. The van der Waals surface area contributed by atoms with Crippen LogP contribution in [0.1, 0.15) is 91.8 Å². The number of nitrogens with zero attached hydrogens (tertiary/aromatic N) is 3. The lowest BCUT2D eigenvalue weighted by Crippen LogP contribution is -2.30. The molecule has 3 heterocycles. The van der Waals surface area contributed by atoms with Crippen molar-refractivity contribution < 1.29 is 0 Å². The minimum Gasteiger partial charge on any atom is -0.344 e. The van der Waals surface area contributed by atoms with Gasteiger partial charge in [0.15, 0.2) is 0 Å². The molecule has 3 aromatic carbocycles. The summed E-state index contributed by atoms with van der Waals surface area (Å²) in [6.07, 6.45) is 22.1. The summed E-state index contributed by atoms with van der Waals surface area (Å²) in [5, 5.41) is 0. The summed E-state index contributed by atoms with van der Waals surface area (Å²) < 4.78 is 0. The highest BCUT2D eigenvalue weighted by atomic mass is 15.2.